The molecular weight excluding hydrogens is 1420 g/mol. The molecule has 3 rings (SSSR count). The molecule has 0 amide bonds. The molecule has 664 valence electrons. The van der Waals surface area contributed by atoms with Gasteiger partial charge in [0.2, 0.25) is 11.4 Å². The molecule has 3 heteroatoms. The molecule has 1 aliphatic rings. The van der Waals surface area contributed by atoms with Crippen molar-refractivity contribution in [1.82, 2.24) is 0 Å². The molecule has 0 spiro atoms. The minimum Gasteiger partial charge on any atom is -0.0654 e. The first-order valence-corrected chi connectivity index (χ1v) is 54.0. The molecule has 2 aromatic carbocycles. The van der Waals surface area contributed by atoms with Crippen molar-refractivity contribution < 1.29 is 19.1 Å². The summed E-state index contributed by atoms with van der Waals surface area (Å²) in [5.41, 5.74) is 25.0. The van der Waals surface area contributed by atoms with Crippen LogP contribution in [-0.2, 0) is 40.1 Å². The van der Waals surface area contributed by atoms with E-state index < -0.39 is 0 Å². The number of aryl methyl sites for hydroxylation is 4. The third-order valence-electron chi connectivity index (χ3n) is 25.2. The van der Waals surface area contributed by atoms with Gasteiger partial charge >= 0.3 is 166 Å². The number of allylic oxidation sites excluding steroid dienone is 2. The van der Waals surface area contributed by atoms with Gasteiger partial charge in [-0.3, -0.25) is 0 Å². The Bertz CT molecular complexity index is 2410. The average molecular weight is 1620 g/mol. The molecule has 1 aliphatic heterocycles. The Kier molecular flexibility index (Phi) is 80.8. The summed E-state index contributed by atoms with van der Waals surface area (Å²) in [6.07, 6.45) is 115. The van der Waals surface area contributed by atoms with E-state index in [0.717, 1.165) is 73.9 Å². The zero-order valence-electron chi connectivity index (χ0n) is 78.8. The van der Waals surface area contributed by atoms with Crippen LogP contribution in [0.1, 0.15) is 596 Å². The minimum atomic E-state index is 0.923. The van der Waals surface area contributed by atoms with E-state index >= 15 is 0 Å². The fraction of sp³-hybridized carbons (Fsp3) is 0.838. The third kappa shape index (κ3) is 63.5. The SMILES string of the molecule is CCCCCCCCCCCCCCCCCCC#CC1=C(c2cc(CCCCCC)cc(CCCCCC)c2)[N+](=[N-])C(c2cc(CCCC)cc(CCCC)c2)=C1CCCCC.CCCCCCCCCCCCCCCCCCCCCCCC[CH2][Ni][CH2]CCCCCCCCCCCCCCCCCCCCCCCC. The summed E-state index contributed by atoms with van der Waals surface area (Å²) in [6, 6.07) is 14.6. The number of hydrogen-bond donors (Lipinski definition) is 0. The van der Waals surface area contributed by atoms with Crippen molar-refractivity contribution in [3.8, 4) is 11.8 Å². The maximum atomic E-state index is 12.8. The van der Waals surface area contributed by atoms with Crippen molar-refractivity contribution in [2.45, 2.75) is 599 Å². The van der Waals surface area contributed by atoms with Gasteiger partial charge in [0.25, 0.3) is 0 Å². The fourth-order valence-corrected chi connectivity index (χ4v) is 18.9. The van der Waals surface area contributed by atoms with Gasteiger partial charge in [0.05, 0.1) is 0 Å². The third-order valence-corrected chi connectivity index (χ3v) is 26.6. The van der Waals surface area contributed by atoms with E-state index in [2.05, 4.69) is 118 Å². The van der Waals surface area contributed by atoms with Crippen molar-refractivity contribution in [2.75, 3.05) is 0 Å². The van der Waals surface area contributed by atoms with Crippen LogP contribution < -0.4 is 0 Å². The Hall–Kier alpha value is -2.43. The standard InChI is InChI=1S/C61H98N2.2C25H51.Ni/c1-7-13-19-22-23-24-25-26-27-28-29-30-31-32-33-34-35-39-45-59-58(44-36-16-10-4)60(56-48-52(40-17-11-5)46-53(49-56)41-18-12-6)63(62)61(59)57-50-54(42-37-20-14-8-2)47-55(51-57)43-38-21-15-9-3;2*1-3-5-7-9-11-13-15-17-19-21-23-25-24-22-20-18-16-14-12-10-8-6-4-2;/h46-51H,7-38,40-44H2,1-6H3;2*1,3-25H2,2H3;. The van der Waals surface area contributed by atoms with Gasteiger partial charge < -0.3 is 5.53 Å². The molecule has 0 saturated heterocycles. The molecule has 114 heavy (non-hydrogen) atoms. The summed E-state index contributed by atoms with van der Waals surface area (Å²) >= 11 is 2.05. The molecule has 0 radical (unpaired) electrons. The second-order valence-electron chi connectivity index (χ2n) is 36.6. The van der Waals surface area contributed by atoms with Gasteiger partial charge in [-0.05, 0) is 117 Å². The molecule has 0 aromatic heterocycles. The van der Waals surface area contributed by atoms with Crippen LogP contribution in [0, 0.1) is 11.8 Å². The van der Waals surface area contributed by atoms with E-state index in [1.165, 1.54) is 526 Å². The smallest absolute Gasteiger partial charge is 0.0654 e. The number of benzene rings is 2. The van der Waals surface area contributed by atoms with Crippen molar-refractivity contribution >= 4 is 11.4 Å². The minimum absolute atomic E-state index is 0.923. The van der Waals surface area contributed by atoms with Crippen molar-refractivity contribution in [2.24, 2.45) is 0 Å². The molecule has 0 bridgehead atoms. The molecule has 1 heterocycles. The van der Waals surface area contributed by atoms with Crippen LogP contribution in [0.15, 0.2) is 47.5 Å². The Morgan fingerprint density at radius 1 is 0.219 bits per heavy atom. The molecule has 0 atom stereocenters. The monoisotopic (exact) mass is 1620 g/mol. The van der Waals surface area contributed by atoms with Crippen LogP contribution in [0.2, 0.25) is 10.8 Å². The summed E-state index contributed by atoms with van der Waals surface area (Å²) in [6.45, 7) is 18.4. The van der Waals surface area contributed by atoms with Crippen LogP contribution >= 0.6 is 0 Å². The second-order valence-corrected chi connectivity index (χ2v) is 38.1. The molecular formula is C111H200N2Ni. The number of rotatable bonds is 86. The summed E-state index contributed by atoms with van der Waals surface area (Å²) in [7, 11) is 0. The van der Waals surface area contributed by atoms with Crippen molar-refractivity contribution in [1.29, 1.82) is 0 Å². The van der Waals surface area contributed by atoms with Gasteiger partial charge in [-0.1, -0.05) is 394 Å². The van der Waals surface area contributed by atoms with E-state index in [0.29, 0.717) is 0 Å². The first kappa shape index (κ1) is 108. The summed E-state index contributed by atoms with van der Waals surface area (Å²) in [4.78, 5) is 0. The predicted octanol–water partition coefficient (Wildman–Crippen LogP) is 39.9. The van der Waals surface area contributed by atoms with Gasteiger partial charge in [-0.2, -0.15) is 0 Å². The molecule has 2 aromatic rings. The van der Waals surface area contributed by atoms with E-state index in [1.807, 2.05) is 0 Å². The second kappa shape index (κ2) is 85.5. The molecule has 2 nitrogen and oxygen atoms in total. The van der Waals surface area contributed by atoms with Crippen LogP contribution in [0.25, 0.3) is 16.9 Å². The van der Waals surface area contributed by atoms with Gasteiger partial charge in [0, 0.05) is 23.1 Å². The van der Waals surface area contributed by atoms with E-state index in [1.54, 1.807) is 4.70 Å². The predicted molar refractivity (Wildman–Crippen MR) is 513 cm³/mol. The molecule has 0 unspecified atom stereocenters. The quantitative estimate of drug-likeness (QED) is 0.0273. The van der Waals surface area contributed by atoms with E-state index in [9.17, 15) is 5.53 Å². The summed E-state index contributed by atoms with van der Waals surface area (Å²) in [5, 5.41) is 2.87. The fourth-order valence-electron chi connectivity index (χ4n) is 17.6. The number of unbranched alkanes of at least 4 members (excludes halogenated alkanes) is 70. The Labute approximate surface area is 723 Å². The van der Waals surface area contributed by atoms with Gasteiger partial charge in [0.15, 0.2) is 0 Å². The normalized spacial score (nSPS) is 12.3. The van der Waals surface area contributed by atoms with Crippen molar-refractivity contribution in [3.05, 3.63) is 86.5 Å². The Morgan fingerprint density at radius 3 is 0.684 bits per heavy atom. The zero-order chi connectivity index (χ0) is 81.8. The summed E-state index contributed by atoms with van der Waals surface area (Å²) in [5.74, 6) is 7.53. The van der Waals surface area contributed by atoms with E-state index in [-0.39, 0.29) is 0 Å². The molecule has 0 fully saturated rings. The maximum absolute atomic E-state index is 12.8. The van der Waals surface area contributed by atoms with Crippen molar-refractivity contribution in [3.63, 3.8) is 0 Å². The van der Waals surface area contributed by atoms with Crippen LogP contribution in [-0.4, -0.2) is 4.70 Å². The molecule has 0 saturated carbocycles. The summed E-state index contributed by atoms with van der Waals surface area (Å²) < 4.78 is 1.61. The Morgan fingerprint density at radius 2 is 0.421 bits per heavy atom. The topological polar surface area (TPSA) is 25.3 Å². The van der Waals surface area contributed by atoms with Crippen LogP contribution in [0.5, 0.6) is 0 Å². The average Bonchev–Trinajstić information content (AvgIpc) is 1.60. The first-order chi connectivity index (χ1) is 56.4. The van der Waals surface area contributed by atoms with E-state index in [4.69, 9.17) is 0 Å². The van der Waals surface area contributed by atoms with Gasteiger partial charge in [-0.15, -0.1) is 0 Å². The zero-order valence-corrected chi connectivity index (χ0v) is 79.8. The number of hydrogen-bond acceptors (Lipinski definition) is 0. The molecule has 0 aliphatic carbocycles. The van der Waals surface area contributed by atoms with Crippen LogP contribution in [0.3, 0.4) is 0 Å². The van der Waals surface area contributed by atoms with Crippen LogP contribution in [0.4, 0.5) is 0 Å². The van der Waals surface area contributed by atoms with Gasteiger partial charge in [-0.25, -0.2) is 4.70 Å². The molecule has 0 N–H and O–H groups in total. The Balaban J connectivity index is 0.000000793. The first-order valence-electron chi connectivity index (χ1n) is 52.6. The number of nitrogens with zero attached hydrogens (tertiary/aromatic N) is 2. The van der Waals surface area contributed by atoms with Gasteiger partial charge in [0.1, 0.15) is 5.57 Å².